The van der Waals surface area contributed by atoms with Crippen molar-refractivity contribution in [3.8, 4) is 18.1 Å². The van der Waals surface area contributed by atoms with Gasteiger partial charge in [-0.2, -0.15) is 0 Å². The number of terminal acetylenes is 1. The van der Waals surface area contributed by atoms with Gasteiger partial charge >= 0.3 is 19.8 Å². The molecule has 1 aromatic heterocycles. The monoisotopic (exact) mass is 551 g/mol. The van der Waals surface area contributed by atoms with Gasteiger partial charge in [-0.15, -0.1) is 10.9 Å². The van der Waals surface area contributed by atoms with E-state index in [1.165, 1.54) is 32.2 Å². The largest absolute Gasteiger partial charge is 0.583 e. The van der Waals surface area contributed by atoms with Crippen molar-refractivity contribution in [1.29, 1.82) is 0 Å². The van der Waals surface area contributed by atoms with E-state index >= 15 is 0 Å². The number of rotatable bonds is 8. The summed E-state index contributed by atoms with van der Waals surface area (Å²) >= 11 is 3.30. The quantitative estimate of drug-likeness (QED) is 0.218. The van der Waals surface area contributed by atoms with Crippen LogP contribution in [0.15, 0.2) is 61.4 Å². The third kappa shape index (κ3) is 5.70. The van der Waals surface area contributed by atoms with Crippen LogP contribution in [0.25, 0.3) is 0 Å². The van der Waals surface area contributed by atoms with Crippen molar-refractivity contribution in [1.82, 2.24) is 9.55 Å². The van der Waals surface area contributed by atoms with Gasteiger partial charge in [0.05, 0.1) is 0 Å². The minimum Gasteiger partial charge on any atom is -0.583 e. The van der Waals surface area contributed by atoms with Crippen molar-refractivity contribution in [2.24, 2.45) is 4.74 Å². The smallest absolute Gasteiger partial charge is 0.346 e. The van der Waals surface area contributed by atoms with Crippen molar-refractivity contribution in [3.63, 3.8) is 0 Å². The minimum absolute atomic E-state index is 0.262. The molecule has 0 spiro atoms. The van der Waals surface area contributed by atoms with E-state index in [9.17, 15) is 19.3 Å². The van der Waals surface area contributed by atoms with Crippen LogP contribution in [0.3, 0.4) is 0 Å². The fourth-order valence-corrected chi connectivity index (χ4v) is 3.90. The molecule has 34 heavy (non-hydrogen) atoms. The van der Waals surface area contributed by atoms with Gasteiger partial charge in [-0.3, -0.25) is 14.3 Å². The van der Waals surface area contributed by atoms with Gasteiger partial charge < -0.3 is 19.5 Å². The molecular formula is C21H19BrN3O8P. The molecule has 1 aliphatic heterocycles. The summed E-state index contributed by atoms with van der Waals surface area (Å²) in [6.07, 6.45) is 7.29. The van der Waals surface area contributed by atoms with Gasteiger partial charge in [0.25, 0.3) is 11.8 Å². The van der Waals surface area contributed by atoms with E-state index in [1.54, 1.807) is 24.3 Å². The van der Waals surface area contributed by atoms with Gasteiger partial charge in [-0.1, -0.05) is 26.6 Å². The second-order valence-corrected chi connectivity index (χ2v) is 8.99. The molecule has 0 saturated heterocycles. The molecule has 0 radical (unpaired) electrons. The molecule has 2 aromatic rings. The Morgan fingerprint density at radius 3 is 2.74 bits per heavy atom. The van der Waals surface area contributed by atoms with E-state index in [1.807, 2.05) is 0 Å². The number of nitrogens with zero attached hydrogens (tertiary/aromatic N) is 2. The second kappa shape index (κ2) is 10.5. The molecule has 0 aliphatic carbocycles. The fourth-order valence-electron chi connectivity index (χ4n) is 2.84. The van der Waals surface area contributed by atoms with Crippen LogP contribution in [0.4, 0.5) is 0 Å². The minimum atomic E-state index is -2.90. The maximum Gasteiger partial charge on any atom is 0.346 e. The molecule has 2 unspecified atom stereocenters. The number of carbonyl (C=O) groups is 1. The van der Waals surface area contributed by atoms with Crippen LogP contribution in [0.5, 0.6) is 5.75 Å². The molecule has 3 rings (SSSR count). The first-order chi connectivity index (χ1) is 16.0. The molecule has 13 heteroatoms. The van der Waals surface area contributed by atoms with E-state index in [4.69, 9.17) is 25.5 Å². The third-order valence-corrected chi connectivity index (χ3v) is 6.12. The number of aromatic nitrogens is 2. The summed E-state index contributed by atoms with van der Waals surface area (Å²) in [7, 11) is -2.90. The van der Waals surface area contributed by atoms with Crippen LogP contribution in [-0.2, 0) is 14.1 Å². The van der Waals surface area contributed by atoms with Crippen LogP contribution in [0, 0.1) is 19.3 Å². The second-order valence-electron chi connectivity index (χ2n) is 7.16. The number of halogens is 1. The van der Waals surface area contributed by atoms with Crippen molar-refractivity contribution >= 4 is 30.1 Å². The van der Waals surface area contributed by atoms with Crippen molar-refractivity contribution < 1.29 is 28.8 Å². The topological polar surface area (TPSA) is 155 Å². The lowest BCUT2D eigenvalue weighted by Crippen LogP contribution is -2.46. The van der Waals surface area contributed by atoms with Gasteiger partial charge in [-0.25, -0.2) is 9.59 Å². The molecule has 0 fully saturated rings. The van der Waals surface area contributed by atoms with Crippen LogP contribution in [0.2, 0.25) is 0 Å². The zero-order valence-electron chi connectivity index (χ0n) is 17.9. The zero-order chi connectivity index (χ0) is 25.0. The molecule has 1 aromatic carbocycles. The number of nitrogens with one attached hydrogen (secondary N) is 1. The molecular weight excluding hydrogens is 533 g/mol. The standard InChI is InChI=1S/C21H19BrN3O8P/c1-4-21(10-9-16(32-21)25-11-12(2)17(26)23-20(25)29)19(31-15-7-5-14(22)6-8-15)33-34(30)24-13(3)18(27)28/h1,5-11,13,16,19H,2-3H3,(H,27,28)(H,23,26,29)/t13-,16+,19?,21-/m0/s1. The first-order valence-electron chi connectivity index (χ1n) is 9.71. The fraction of sp³-hybridized carbons (Fsp3) is 0.286. The van der Waals surface area contributed by atoms with Gasteiger partial charge in [0.15, 0.2) is 12.3 Å². The Bertz CT molecular complexity index is 1300. The molecule has 0 saturated carbocycles. The average molecular weight is 552 g/mol. The number of H-pyrrole nitrogens is 1. The molecule has 178 valence electrons. The summed E-state index contributed by atoms with van der Waals surface area (Å²) in [6, 6.07) is 5.22. The number of hydrogen-bond donors (Lipinski definition) is 2. The number of benzene rings is 1. The van der Waals surface area contributed by atoms with Gasteiger partial charge in [0.1, 0.15) is 5.75 Å². The van der Waals surface area contributed by atoms with Crippen LogP contribution in [-0.4, -0.2) is 38.6 Å². The highest BCUT2D eigenvalue weighted by Gasteiger charge is 2.48. The van der Waals surface area contributed by atoms with Crippen LogP contribution in [0.1, 0.15) is 18.7 Å². The number of aryl methyl sites for hydroxylation is 1. The van der Waals surface area contributed by atoms with E-state index in [0.717, 1.165) is 9.04 Å². The predicted molar refractivity (Wildman–Crippen MR) is 123 cm³/mol. The summed E-state index contributed by atoms with van der Waals surface area (Å²) in [5.74, 6) is 1.37. The summed E-state index contributed by atoms with van der Waals surface area (Å²) in [4.78, 5) is 49.7. The van der Waals surface area contributed by atoms with Gasteiger partial charge in [0.2, 0.25) is 5.60 Å². The normalized spacial score (nSPS) is 21.6. The number of hydrogen-bond acceptors (Lipinski definition) is 8. The van der Waals surface area contributed by atoms with E-state index in [0.29, 0.717) is 0 Å². The predicted octanol–water partition coefficient (Wildman–Crippen LogP) is 1.82. The van der Waals surface area contributed by atoms with E-state index in [2.05, 4.69) is 31.6 Å². The van der Waals surface area contributed by atoms with E-state index < -0.39 is 49.5 Å². The van der Waals surface area contributed by atoms with Crippen molar-refractivity contribution in [2.75, 3.05) is 0 Å². The van der Waals surface area contributed by atoms with Gasteiger partial charge in [0, 0.05) is 16.2 Å². The zero-order valence-corrected chi connectivity index (χ0v) is 20.4. The maximum absolute atomic E-state index is 12.5. The lowest BCUT2D eigenvalue weighted by Gasteiger charge is -2.30. The molecule has 2 N–H and O–H groups in total. The Morgan fingerprint density at radius 1 is 1.44 bits per heavy atom. The molecule has 1 aliphatic rings. The summed E-state index contributed by atoms with van der Waals surface area (Å²) < 4.78 is 22.6. The Morgan fingerprint density at radius 2 is 2.12 bits per heavy atom. The Kier molecular flexibility index (Phi) is 7.86. The van der Waals surface area contributed by atoms with Crippen molar-refractivity contribution in [3.05, 3.63) is 73.5 Å². The maximum atomic E-state index is 12.5. The van der Waals surface area contributed by atoms with Crippen molar-refractivity contribution in [2.45, 2.75) is 38.0 Å². The average Bonchev–Trinajstić information content (AvgIpc) is 3.22. The molecule has 0 amide bonds. The Hall–Kier alpha value is -3.07. The number of aromatic amines is 1. The molecule has 2 heterocycles. The molecule has 5 atom stereocenters. The molecule has 0 bridgehead atoms. The number of aliphatic carboxylic acids is 1. The highest BCUT2D eigenvalue weighted by Crippen LogP contribution is 2.37. The lowest BCUT2D eigenvalue weighted by atomic mass is 10.1. The Balaban J connectivity index is 1.97. The first kappa shape index (κ1) is 25.6. The Labute approximate surface area is 202 Å². The summed E-state index contributed by atoms with van der Waals surface area (Å²) in [5, 5.41) is 9.02. The lowest BCUT2D eigenvalue weighted by molar-refractivity contribution is -0.208. The summed E-state index contributed by atoms with van der Waals surface area (Å²) in [5.41, 5.74) is -2.80. The number of carboxylic acid groups (broad SMARTS) is 1. The number of carboxylic acids is 1. The third-order valence-electron chi connectivity index (χ3n) is 4.69. The van der Waals surface area contributed by atoms with Gasteiger partial charge in [-0.05, 0) is 50.3 Å². The SMILES string of the molecule is C#C[C@@]1(C(Oc2ccc(Br)cc2)O[P+]([O-])=N[C@@H](C)C(=O)O)C=C[C@H](n2cc(C)c(=O)[nH]c2=O)O1. The van der Waals surface area contributed by atoms with Crippen LogP contribution >= 0.6 is 24.1 Å². The molecule has 11 nitrogen and oxygen atoms in total. The van der Waals surface area contributed by atoms with Crippen LogP contribution < -0.4 is 20.9 Å². The first-order valence-corrected chi connectivity index (χ1v) is 11.6. The van der Waals surface area contributed by atoms with E-state index in [-0.39, 0.29) is 11.3 Å². The highest BCUT2D eigenvalue weighted by molar-refractivity contribution is 9.10. The number of ether oxygens (including phenoxy) is 2. The highest BCUT2D eigenvalue weighted by atomic mass is 79.9. The summed E-state index contributed by atoms with van der Waals surface area (Å²) in [6.45, 7) is 2.74.